The van der Waals surface area contributed by atoms with E-state index in [4.69, 9.17) is 4.74 Å². The van der Waals surface area contributed by atoms with Crippen LogP contribution in [0.15, 0.2) is 42.7 Å². The maximum Gasteiger partial charge on any atom is 0.119 e. The van der Waals surface area contributed by atoms with Crippen molar-refractivity contribution in [2.75, 3.05) is 7.11 Å². The first-order chi connectivity index (χ1) is 9.78. The van der Waals surface area contributed by atoms with Gasteiger partial charge in [0.1, 0.15) is 5.75 Å². The fraction of sp³-hybridized carbons (Fsp3) is 0.118. The quantitative estimate of drug-likeness (QED) is 0.558. The maximum absolute atomic E-state index is 5.30. The zero-order valence-corrected chi connectivity index (χ0v) is 11.4. The van der Waals surface area contributed by atoms with Crippen LogP contribution in [0.5, 0.6) is 5.75 Å². The van der Waals surface area contributed by atoms with E-state index in [2.05, 4.69) is 41.2 Å². The molecule has 0 amide bonds. The van der Waals surface area contributed by atoms with Crippen LogP contribution >= 0.6 is 0 Å². The number of aromatic amines is 1. The highest BCUT2D eigenvalue weighted by atomic mass is 16.5. The third-order valence-corrected chi connectivity index (χ3v) is 3.89. The second-order valence-corrected chi connectivity index (χ2v) is 5.08. The molecule has 0 aliphatic heterocycles. The van der Waals surface area contributed by atoms with Crippen molar-refractivity contribution >= 4 is 32.6 Å². The summed E-state index contributed by atoms with van der Waals surface area (Å²) in [5, 5.41) is 4.81. The number of pyridine rings is 1. The lowest BCUT2D eigenvalue weighted by Crippen LogP contribution is -1.82. The number of nitrogens with zero attached hydrogens (tertiary/aromatic N) is 1. The van der Waals surface area contributed by atoms with Gasteiger partial charge in [-0.1, -0.05) is 6.07 Å². The van der Waals surface area contributed by atoms with E-state index in [1.54, 1.807) is 7.11 Å². The zero-order chi connectivity index (χ0) is 13.7. The number of ether oxygens (including phenoxy) is 1. The van der Waals surface area contributed by atoms with Gasteiger partial charge in [-0.05, 0) is 47.5 Å². The number of nitrogens with one attached hydrogen (secondary N) is 1. The Bertz CT molecular complexity index is 953. The van der Waals surface area contributed by atoms with Crippen molar-refractivity contribution < 1.29 is 4.74 Å². The highest BCUT2D eigenvalue weighted by Crippen LogP contribution is 2.34. The molecule has 20 heavy (non-hydrogen) atoms. The normalized spacial score (nSPS) is 11.5. The molecule has 98 valence electrons. The lowest BCUT2D eigenvalue weighted by Gasteiger charge is -2.04. The first-order valence-corrected chi connectivity index (χ1v) is 6.60. The molecule has 0 radical (unpaired) electrons. The van der Waals surface area contributed by atoms with Crippen molar-refractivity contribution in [3.8, 4) is 5.75 Å². The average Bonchev–Trinajstić information content (AvgIpc) is 2.87. The average molecular weight is 262 g/mol. The number of H-pyrrole nitrogens is 1. The zero-order valence-electron chi connectivity index (χ0n) is 11.4. The predicted molar refractivity (Wildman–Crippen MR) is 82.4 cm³/mol. The van der Waals surface area contributed by atoms with Crippen LogP contribution < -0.4 is 4.74 Å². The van der Waals surface area contributed by atoms with Crippen molar-refractivity contribution in [3.05, 3.63) is 48.3 Å². The van der Waals surface area contributed by atoms with Crippen molar-refractivity contribution in [1.82, 2.24) is 9.97 Å². The molecule has 0 bridgehead atoms. The van der Waals surface area contributed by atoms with Gasteiger partial charge in [0.2, 0.25) is 0 Å². The largest absolute Gasteiger partial charge is 0.497 e. The molecular weight excluding hydrogens is 248 g/mol. The molecule has 4 rings (SSSR count). The van der Waals surface area contributed by atoms with E-state index in [1.165, 1.54) is 32.6 Å². The van der Waals surface area contributed by atoms with Crippen LogP contribution in [-0.4, -0.2) is 17.1 Å². The Hall–Kier alpha value is -2.55. The van der Waals surface area contributed by atoms with Gasteiger partial charge < -0.3 is 9.72 Å². The molecule has 0 saturated heterocycles. The Morgan fingerprint density at radius 2 is 1.95 bits per heavy atom. The van der Waals surface area contributed by atoms with Crippen LogP contribution in [0.1, 0.15) is 5.56 Å². The molecule has 3 heteroatoms. The summed E-state index contributed by atoms with van der Waals surface area (Å²) in [7, 11) is 1.69. The molecular formula is C17H14N2O. The van der Waals surface area contributed by atoms with Crippen molar-refractivity contribution in [2.24, 2.45) is 0 Å². The van der Waals surface area contributed by atoms with E-state index in [0.717, 1.165) is 11.3 Å². The van der Waals surface area contributed by atoms with Crippen molar-refractivity contribution in [3.63, 3.8) is 0 Å². The number of hydrogen-bond donors (Lipinski definition) is 1. The maximum atomic E-state index is 5.30. The molecule has 2 heterocycles. The van der Waals surface area contributed by atoms with E-state index in [-0.39, 0.29) is 0 Å². The molecule has 0 fully saturated rings. The summed E-state index contributed by atoms with van der Waals surface area (Å²) in [6, 6.07) is 10.4. The van der Waals surface area contributed by atoms with Crippen LogP contribution in [0.2, 0.25) is 0 Å². The van der Waals surface area contributed by atoms with Gasteiger partial charge in [-0.3, -0.25) is 4.98 Å². The van der Waals surface area contributed by atoms with Crippen molar-refractivity contribution in [2.45, 2.75) is 6.92 Å². The van der Waals surface area contributed by atoms with Crippen LogP contribution in [-0.2, 0) is 0 Å². The van der Waals surface area contributed by atoms with Gasteiger partial charge in [-0.15, -0.1) is 0 Å². The highest BCUT2D eigenvalue weighted by molar-refractivity contribution is 6.20. The summed E-state index contributed by atoms with van der Waals surface area (Å²) < 4.78 is 5.30. The third kappa shape index (κ3) is 1.43. The van der Waals surface area contributed by atoms with E-state index < -0.39 is 0 Å². The minimum absolute atomic E-state index is 0.881. The Kier molecular flexibility index (Phi) is 2.24. The Balaban J connectivity index is 2.23. The van der Waals surface area contributed by atoms with Crippen molar-refractivity contribution in [1.29, 1.82) is 0 Å². The topological polar surface area (TPSA) is 37.9 Å². The van der Waals surface area contributed by atoms with Gasteiger partial charge in [0.25, 0.3) is 0 Å². The minimum atomic E-state index is 0.881. The molecule has 0 aliphatic rings. The summed E-state index contributed by atoms with van der Waals surface area (Å²) in [6.45, 7) is 2.08. The smallest absolute Gasteiger partial charge is 0.119 e. The molecule has 0 aliphatic carbocycles. The monoisotopic (exact) mass is 262 g/mol. The first kappa shape index (κ1) is 11.3. The Morgan fingerprint density at radius 1 is 1.05 bits per heavy atom. The summed E-state index contributed by atoms with van der Waals surface area (Å²) in [5.74, 6) is 0.881. The minimum Gasteiger partial charge on any atom is -0.497 e. The number of aromatic nitrogens is 2. The van der Waals surface area contributed by atoms with Crippen LogP contribution in [0.25, 0.3) is 32.6 Å². The number of hydrogen-bond acceptors (Lipinski definition) is 2. The Morgan fingerprint density at radius 3 is 2.80 bits per heavy atom. The number of aryl methyl sites for hydroxylation is 1. The molecule has 0 unspecified atom stereocenters. The van der Waals surface area contributed by atoms with Gasteiger partial charge in [-0.2, -0.15) is 0 Å². The fourth-order valence-electron chi connectivity index (χ4n) is 2.88. The fourth-order valence-corrected chi connectivity index (χ4v) is 2.88. The van der Waals surface area contributed by atoms with Crippen LogP contribution in [0.3, 0.4) is 0 Å². The van der Waals surface area contributed by atoms with E-state index in [1.807, 2.05) is 18.5 Å². The molecule has 0 saturated carbocycles. The SMILES string of the molecule is COc1ccc2c(ccc3[nH]c4c(C)cncc4c32)c1. The second-order valence-electron chi connectivity index (χ2n) is 5.08. The van der Waals surface area contributed by atoms with E-state index >= 15 is 0 Å². The lowest BCUT2D eigenvalue weighted by atomic mass is 10.0. The molecule has 1 N–H and O–H groups in total. The number of rotatable bonds is 1. The van der Waals surface area contributed by atoms with Crippen LogP contribution in [0, 0.1) is 6.92 Å². The molecule has 0 spiro atoms. The second kappa shape index (κ2) is 3.97. The standard InChI is InChI=1S/C17H14N2O/c1-10-8-18-9-14-16-13-5-4-12(20-2)7-11(13)3-6-15(16)19-17(10)14/h3-9,19H,1-2H3. The molecule has 0 atom stereocenters. The summed E-state index contributed by atoms with van der Waals surface area (Å²) >= 11 is 0. The molecule has 2 aromatic carbocycles. The van der Waals surface area contributed by atoms with Gasteiger partial charge in [0.15, 0.2) is 0 Å². The number of fused-ring (bicyclic) bond motifs is 5. The first-order valence-electron chi connectivity index (χ1n) is 6.60. The number of methoxy groups -OCH3 is 1. The predicted octanol–water partition coefficient (Wildman–Crippen LogP) is 4.19. The van der Waals surface area contributed by atoms with Gasteiger partial charge in [-0.25, -0.2) is 0 Å². The summed E-state index contributed by atoms with van der Waals surface area (Å²) in [4.78, 5) is 7.83. The molecule has 2 aromatic heterocycles. The third-order valence-electron chi connectivity index (χ3n) is 3.89. The van der Waals surface area contributed by atoms with Gasteiger partial charge in [0, 0.05) is 28.7 Å². The Labute approximate surface area is 116 Å². The summed E-state index contributed by atoms with van der Waals surface area (Å²) in [6.07, 6.45) is 3.83. The lowest BCUT2D eigenvalue weighted by molar-refractivity contribution is 0.415. The van der Waals surface area contributed by atoms with E-state index in [9.17, 15) is 0 Å². The van der Waals surface area contributed by atoms with Gasteiger partial charge >= 0.3 is 0 Å². The number of benzene rings is 2. The van der Waals surface area contributed by atoms with Crippen LogP contribution in [0.4, 0.5) is 0 Å². The summed E-state index contributed by atoms with van der Waals surface area (Å²) in [5.41, 5.74) is 3.48. The van der Waals surface area contributed by atoms with Gasteiger partial charge in [0.05, 0.1) is 12.6 Å². The van der Waals surface area contributed by atoms with E-state index in [0.29, 0.717) is 0 Å². The highest BCUT2D eigenvalue weighted by Gasteiger charge is 2.10. The molecule has 3 nitrogen and oxygen atoms in total. The molecule has 4 aromatic rings.